The maximum absolute atomic E-state index is 12.6. The first-order valence-corrected chi connectivity index (χ1v) is 8.03. The summed E-state index contributed by atoms with van der Waals surface area (Å²) in [4.78, 5) is 37.2. The number of hydrogen-bond acceptors (Lipinski definition) is 7. The monoisotopic (exact) mass is 360 g/mol. The minimum Gasteiger partial charge on any atom is -0.467 e. The summed E-state index contributed by atoms with van der Waals surface area (Å²) in [6.07, 6.45) is -2.87. The molecule has 0 bridgehead atoms. The molecule has 144 valence electrons. The highest BCUT2D eigenvalue weighted by Gasteiger charge is 2.46. The van der Waals surface area contributed by atoms with Gasteiger partial charge in [0.1, 0.15) is 11.2 Å². The molecular weight excluding hydrogens is 332 g/mol. The van der Waals surface area contributed by atoms with E-state index in [9.17, 15) is 19.5 Å². The molecule has 0 radical (unpaired) electrons. The molecule has 25 heavy (non-hydrogen) atoms. The van der Waals surface area contributed by atoms with E-state index in [0.29, 0.717) is 0 Å². The van der Waals surface area contributed by atoms with Gasteiger partial charge in [0.15, 0.2) is 6.04 Å². The Labute approximate surface area is 147 Å². The number of nitrogens with zero attached hydrogens (tertiary/aromatic N) is 2. The van der Waals surface area contributed by atoms with Crippen LogP contribution in [-0.2, 0) is 19.0 Å². The van der Waals surface area contributed by atoms with Crippen molar-refractivity contribution >= 4 is 18.2 Å². The van der Waals surface area contributed by atoms with E-state index in [4.69, 9.17) is 14.2 Å². The molecular formula is C16H28N2O7. The number of β-amino-alcohol motifs (C(OH)–C–C–N with tert-alkyl or cyclic N) is 1. The molecule has 1 heterocycles. The van der Waals surface area contributed by atoms with Crippen LogP contribution in [0.5, 0.6) is 0 Å². The van der Waals surface area contributed by atoms with Crippen molar-refractivity contribution in [3.63, 3.8) is 0 Å². The molecule has 1 rings (SSSR count). The van der Waals surface area contributed by atoms with Gasteiger partial charge in [0.2, 0.25) is 0 Å². The molecule has 1 aliphatic heterocycles. The number of aliphatic hydroxyl groups excluding tert-OH is 1. The van der Waals surface area contributed by atoms with Crippen LogP contribution in [-0.4, -0.2) is 70.3 Å². The molecule has 2 amide bonds. The van der Waals surface area contributed by atoms with E-state index >= 15 is 0 Å². The second kappa shape index (κ2) is 7.47. The third kappa shape index (κ3) is 6.08. The Bertz CT molecular complexity index is 522. The molecule has 0 aromatic heterocycles. The van der Waals surface area contributed by atoms with E-state index in [-0.39, 0.29) is 13.0 Å². The number of ether oxygens (including phenoxy) is 3. The Morgan fingerprint density at radius 2 is 1.44 bits per heavy atom. The van der Waals surface area contributed by atoms with Gasteiger partial charge in [-0.3, -0.25) is 0 Å². The molecule has 2 atom stereocenters. The van der Waals surface area contributed by atoms with E-state index in [1.165, 1.54) is 0 Å². The van der Waals surface area contributed by atoms with Gasteiger partial charge in [-0.2, -0.15) is 5.01 Å². The van der Waals surface area contributed by atoms with Crippen molar-refractivity contribution in [2.75, 3.05) is 13.7 Å². The molecule has 1 N–H and O–H groups in total. The van der Waals surface area contributed by atoms with Gasteiger partial charge >= 0.3 is 18.2 Å². The largest absolute Gasteiger partial charge is 0.467 e. The van der Waals surface area contributed by atoms with Crippen molar-refractivity contribution in [1.29, 1.82) is 0 Å². The summed E-state index contributed by atoms with van der Waals surface area (Å²) >= 11 is 0. The summed E-state index contributed by atoms with van der Waals surface area (Å²) in [6, 6.07) is -1.20. The zero-order chi connectivity index (χ0) is 19.6. The maximum atomic E-state index is 12.6. The Balaban J connectivity index is 3.20. The number of esters is 1. The van der Waals surface area contributed by atoms with Crippen LogP contribution < -0.4 is 0 Å². The number of carbonyl (C=O) groups excluding carboxylic acids is 3. The fraction of sp³-hybridized carbons (Fsp3) is 0.812. The number of hydrogen-bond donors (Lipinski definition) is 1. The van der Waals surface area contributed by atoms with E-state index in [0.717, 1.165) is 17.1 Å². The molecule has 0 aliphatic carbocycles. The first kappa shape index (κ1) is 21.0. The van der Waals surface area contributed by atoms with Gasteiger partial charge in [-0.15, -0.1) is 0 Å². The maximum Gasteiger partial charge on any atom is 0.430 e. The van der Waals surface area contributed by atoms with Crippen molar-refractivity contribution in [1.82, 2.24) is 10.0 Å². The highest BCUT2D eigenvalue weighted by atomic mass is 16.6. The minimum atomic E-state index is -1.20. The van der Waals surface area contributed by atoms with Gasteiger partial charge in [-0.1, -0.05) is 0 Å². The van der Waals surface area contributed by atoms with E-state index in [2.05, 4.69) is 0 Å². The summed E-state index contributed by atoms with van der Waals surface area (Å²) in [6.45, 7) is 9.78. The summed E-state index contributed by atoms with van der Waals surface area (Å²) in [5.41, 5.74) is -1.66. The van der Waals surface area contributed by atoms with E-state index in [1.807, 2.05) is 0 Å². The first-order chi connectivity index (χ1) is 11.2. The molecule has 1 fully saturated rings. The van der Waals surface area contributed by atoms with Gasteiger partial charge in [0.25, 0.3) is 0 Å². The third-order valence-electron chi connectivity index (χ3n) is 3.09. The average Bonchev–Trinajstić information content (AvgIpc) is 2.41. The Hall–Kier alpha value is -2.03. The Kier molecular flexibility index (Phi) is 6.28. The molecule has 9 heteroatoms. The predicted molar refractivity (Wildman–Crippen MR) is 87.4 cm³/mol. The second-order valence-corrected chi connectivity index (χ2v) is 7.82. The van der Waals surface area contributed by atoms with E-state index < -0.39 is 41.5 Å². The molecule has 0 aromatic rings. The van der Waals surface area contributed by atoms with Crippen LogP contribution in [0.15, 0.2) is 0 Å². The summed E-state index contributed by atoms with van der Waals surface area (Å²) in [5, 5.41) is 11.8. The van der Waals surface area contributed by atoms with Crippen molar-refractivity contribution in [3.05, 3.63) is 0 Å². The van der Waals surface area contributed by atoms with Crippen molar-refractivity contribution in [2.45, 2.75) is 71.3 Å². The molecule has 1 saturated heterocycles. The second-order valence-electron chi connectivity index (χ2n) is 7.82. The molecule has 0 aromatic carbocycles. The quantitative estimate of drug-likeness (QED) is 0.560. The molecule has 1 aliphatic rings. The normalized spacial score (nSPS) is 21.6. The van der Waals surface area contributed by atoms with Gasteiger partial charge in [-0.05, 0) is 41.5 Å². The SMILES string of the molecule is COC(=O)[C@H]1C[C@H](O)CN(C(=O)OC(C)(C)C)N1C(=O)OC(C)(C)C. The summed E-state index contributed by atoms with van der Waals surface area (Å²) < 4.78 is 15.3. The van der Waals surface area contributed by atoms with Crippen LogP contribution in [0.4, 0.5) is 9.59 Å². The lowest BCUT2D eigenvalue weighted by molar-refractivity contribution is -0.165. The lowest BCUT2D eigenvalue weighted by Gasteiger charge is -2.44. The van der Waals surface area contributed by atoms with Crippen LogP contribution in [0.25, 0.3) is 0 Å². The van der Waals surface area contributed by atoms with Gasteiger partial charge in [0.05, 0.1) is 19.8 Å². The summed E-state index contributed by atoms with van der Waals surface area (Å²) in [7, 11) is 1.16. The third-order valence-corrected chi connectivity index (χ3v) is 3.09. The zero-order valence-corrected chi connectivity index (χ0v) is 15.9. The highest BCUT2D eigenvalue weighted by molar-refractivity contribution is 5.83. The number of rotatable bonds is 1. The first-order valence-electron chi connectivity index (χ1n) is 8.03. The van der Waals surface area contributed by atoms with Crippen LogP contribution in [0.2, 0.25) is 0 Å². The van der Waals surface area contributed by atoms with E-state index in [1.54, 1.807) is 41.5 Å². The fourth-order valence-corrected chi connectivity index (χ4v) is 2.23. The molecule has 0 spiro atoms. The van der Waals surface area contributed by atoms with Crippen LogP contribution in [0.1, 0.15) is 48.0 Å². The standard InChI is InChI=1S/C16H28N2O7/c1-15(2,3)24-13(21)17-9-10(19)8-11(12(20)23-7)18(17)14(22)25-16(4,5)6/h10-11,19H,8-9H2,1-7H3/t10-,11+/m0/s1. The van der Waals surface area contributed by atoms with Crippen LogP contribution in [0, 0.1) is 0 Å². The fourth-order valence-electron chi connectivity index (χ4n) is 2.23. The number of aliphatic hydroxyl groups is 1. The Morgan fingerprint density at radius 3 is 1.88 bits per heavy atom. The number of hydrazine groups is 1. The minimum absolute atomic E-state index is 0.0782. The van der Waals surface area contributed by atoms with Gasteiger partial charge in [-0.25, -0.2) is 19.4 Å². The van der Waals surface area contributed by atoms with Crippen molar-refractivity contribution in [2.24, 2.45) is 0 Å². The lowest BCUT2D eigenvalue weighted by Crippen LogP contribution is -2.64. The van der Waals surface area contributed by atoms with Crippen LogP contribution in [0.3, 0.4) is 0 Å². The van der Waals surface area contributed by atoms with Crippen LogP contribution >= 0.6 is 0 Å². The number of carbonyl (C=O) groups is 3. The lowest BCUT2D eigenvalue weighted by atomic mass is 10.1. The topological polar surface area (TPSA) is 106 Å². The smallest absolute Gasteiger partial charge is 0.430 e. The number of methoxy groups -OCH3 is 1. The molecule has 0 saturated carbocycles. The predicted octanol–water partition coefficient (Wildman–Crippen LogP) is 1.68. The number of amides is 2. The average molecular weight is 360 g/mol. The van der Waals surface area contributed by atoms with Crippen molar-refractivity contribution < 1.29 is 33.7 Å². The van der Waals surface area contributed by atoms with Crippen molar-refractivity contribution in [3.8, 4) is 0 Å². The highest BCUT2D eigenvalue weighted by Crippen LogP contribution is 2.25. The van der Waals surface area contributed by atoms with Gasteiger partial charge in [0, 0.05) is 6.42 Å². The Morgan fingerprint density at radius 1 is 0.960 bits per heavy atom. The molecule has 9 nitrogen and oxygen atoms in total. The summed E-state index contributed by atoms with van der Waals surface area (Å²) in [5.74, 6) is -0.766. The molecule has 0 unspecified atom stereocenters. The van der Waals surface area contributed by atoms with Gasteiger partial charge < -0.3 is 19.3 Å². The zero-order valence-electron chi connectivity index (χ0n) is 15.9.